The molecule has 7 nitrogen and oxygen atoms in total. The molecule has 1 aliphatic rings. The minimum Gasteiger partial charge on any atom is -0.433 e. The number of rotatable bonds is 4. The Kier molecular flexibility index (Phi) is 4.72. The lowest BCUT2D eigenvalue weighted by Gasteiger charge is -2.34. The molecule has 0 amide bonds. The third-order valence-electron chi connectivity index (χ3n) is 5.27. The summed E-state index contributed by atoms with van der Waals surface area (Å²) in [7, 11) is 0. The van der Waals surface area contributed by atoms with Crippen LogP contribution in [0.4, 0.5) is 27.8 Å². The highest BCUT2D eigenvalue weighted by molar-refractivity contribution is 5.62. The fourth-order valence-electron chi connectivity index (χ4n) is 3.88. The summed E-state index contributed by atoms with van der Waals surface area (Å²) in [5.74, 6) is 0.274. The minimum atomic E-state index is -4.50. The van der Waals surface area contributed by atoms with Crippen molar-refractivity contribution in [1.82, 2.24) is 24.6 Å². The first-order chi connectivity index (χ1) is 15.3. The van der Waals surface area contributed by atoms with Crippen LogP contribution in [0.2, 0.25) is 0 Å². The first-order valence-electron chi connectivity index (χ1n) is 9.56. The van der Waals surface area contributed by atoms with Crippen molar-refractivity contribution < 1.29 is 26.7 Å². The van der Waals surface area contributed by atoms with Gasteiger partial charge in [0.1, 0.15) is 17.4 Å². The number of ether oxygens (including phenoxy) is 1. The van der Waals surface area contributed by atoms with Gasteiger partial charge in [0, 0.05) is 31.1 Å². The Balaban J connectivity index is 1.59. The van der Waals surface area contributed by atoms with Crippen molar-refractivity contribution >= 4 is 11.3 Å². The van der Waals surface area contributed by atoms with Crippen molar-refractivity contribution in [2.75, 3.05) is 11.4 Å². The maximum atomic E-state index is 13.0. The number of aromatic amines is 1. The highest BCUT2D eigenvalue weighted by atomic mass is 19.4. The van der Waals surface area contributed by atoms with E-state index in [4.69, 9.17) is 0 Å². The Labute approximate surface area is 177 Å². The molecule has 0 fully saturated rings. The third kappa shape index (κ3) is 3.51. The van der Waals surface area contributed by atoms with Crippen LogP contribution in [-0.2, 0) is 12.6 Å². The number of H-pyrrole nitrogens is 1. The van der Waals surface area contributed by atoms with Gasteiger partial charge in [0.2, 0.25) is 0 Å². The summed E-state index contributed by atoms with van der Waals surface area (Å²) in [6, 6.07) is 6.21. The van der Waals surface area contributed by atoms with E-state index >= 15 is 0 Å². The first-order valence-corrected chi connectivity index (χ1v) is 9.56. The number of hydrogen-bond donors (Lipinski definition) is 1. The molecule has 0 saturated heterocycles. The van der Waals surface area contributed by atoms with Gasteiger partial charge in [-0.05, 0) is 30.3 Å². The molecule has 4 aromatic heterocycles. The molecule has 4 aromatic rings. The molecule has 0 aromatic carbocycles. The Morgan fingerprint density at radius 3 is 2.72 bits per heavy atom. The molecule has 0 unspecified atom stereocenters. The van der Waals surface area contributed by atoms with E-state index in [9.17, 15) is 22.0 Å². The van der Waals surface area contributed by atoms with Crippen molar-refractivity contribution in [1.29, 1.82) is 0 Å². The maximum absolute atomic E-state index is 13.0. The molecule has 166 valence electrons. The Morgan fingerprint density at radius 2 is 2.00 bits per heavy atom. The highest BCUT2D eigenvalue weighted by Crippen LogP contribution is 2.38. The number of alkyl halides is 5. The summed E-state index contributed by atoms with van der Waals surface area (Å²) in [5.41, 5.74) is 1.43. The van der Waals surface area contributed by atoms with Gasteiger partial charge in [0.05, 0.1) is 23.3 Å². The molecular weight excluding hydrogens is 435 g/mol. The van der Waals surface area contributed by atoms with E-state index in [0.29, 0.717) is 35.7 Å². The van der Waals surface area contributed by atoms with Crippen LogP contribution < -0.4 is 9.64 Å². The van der Waals surface area contributed by atoms with Gasteiger partial charge in [-0.2, -0.15) is 27.1 Å². The van der Waals surface area contributed by atoms with Crippen LogP contribution in [0.1, 0.15) is 28.7 Å². The number of fused-ring (bicyclic) bond motifs is 2. The largest absolute Gasteiger partial charge is 0.433 e. The van der Waals surface area contributed by atoms with Gasteiger partial charge in [-0.3, -0.25) is 0 Å². The van der Waals surface area contributed by atoms with Crippen molar-refractivity contribution in [3.8, 4) is 5.75 Å². The Hall–Kier alpha value is -3.70. The average Bonchev–Trinajstić information content (AvgIpc) is 3.39. The Morgan fingerprint density at radius 1 is 1.16 bits per heavy atom. The summed E-state index contributed by atoms with van der Waals surface area (Å²) in [6.07, 6.45) is -0.0219. The SMILES string of the molecule is FC(F)Oc1cccn2nc([C@@H]3c4nc[nH]c4CCN3c3ccc(C(F)(F)F)cn3)cc12. The summed E-state index contributed by atoms with van der Waals surface area (Å²) in [4.78, 5) is 13.3. The predicted octanol–water partition coefficient (Wildman–Crippen LogP) is 4.22. The van der Waals surface area contributed by atoms with Crippen LogP contribution in [0.3, 0.4) is 0 Å². The van der Waals surface area contributed by atoms with Gasteiger partial charge in [-0.15, -0.1) is 0 Å². The van der Waals surface area contributed by atoms with Gasteiger partial charge >= 0.3 is 12.8 Å². The summed E-state index contributed by atoms with van der Waals surface area (Å²) < 4.78 is 70.5. The fraction of sp³-hybridized carbons (Fsp3) is 0.250. The van der Waals surface area contributed by atoms with Crippen molar-refractivity contribution in [2.45, 2.75) is 25.3 Å². The Bertz CT molecular complexity index is 1250. The quantitative estimate of drug-likeness (QED) is 0.472. The fourth-order valence-corrected chi connectivity index (χ4v) is 3.88. The number of aromatic nitrogens is 5. The molecule has 1 atom stereocenters. The number of nitrogens with zero attached hydrogens (tertiary/aromatic N) is 5. The van der Waals surface area contributed by atoms with E-state index in [-0.39, 0.29) is 5.75 Å². The molecule has 0 saturated carbocycles. The van der Waals surface area contributed by atoms with Gasteiger partial charge in [-0.25, -0.2) is 14.5 Å². The van der Waals surface area contributed by atoms with Crippen LogP contribution in [0.15, 0.2) is 49.1 Å². The molecule has 0 spiro atoms. The molecule has 32 heavy (non-hydrogen) atoms. The lowest BCUT2D eigenvalue weighted by molar-refractivity contribution is -0.137. The molecule has 0 radical (unpaired) electrons. The highest BCUT2D eigenvalue weighted by Gasteiger charge is 2.35. The van der Waals surface area contributed by atoms with Crippen molar-refractivity contribution in [2.24, 2.45) is 0 Å². The monoisotopic (exact) mass is 450 g/mol. The van der Waals surface area contributed by atoms with Crippen LogP contribution in [0.5, 0.6) is 5.75 Å². The van der Waals surface area contributed by atoms with E-state index in [1.807, 2.05) is 0 Å². The van der Waals surface area contributed by atoms with E-state index < -0.39 is 24.4 Å². The summed E-state index contributed by atoms with van der Waals surface area (Å²) >= 11 is 0. The average molecular weight is 450 g/mol. The number of pyridine rings is 2. The topological polar surface area (TPSA) is 71.3 Å². The molecule has 0 bridgehead atoms. The zero-order chi connectivity index (χ0) is 22.5. The number of nitrogens with one attached hydrogen (secondary N) is 1. The van der Waals surface area contributed by atoms with Crippen LogP contribution >= 0.6 is 0 Å². The molecule has 1 N–H and O–H groups in total. The van der Waals surface area contributed by atoms with Crippen LogP contribution in [-0.4, -0.2) is 37.7 Å². The van der Waals surface area contributed by atoms with Crippen molar-refractivity contribution in [3.05, 3.63) is 71.7 Å². The molecule has 5 rings (SSSR count). The zero-order valence-electron chi connectivity index (χ0n) is 16.2. The number of halogens is 5. The maximum Gasteiger partial charge on any atom is 0.417 e. The minimum absolute atomic E-state index is 0.0430. The molecule has 12 heteroatoms. The molecule has 0 aliphatic carbocycles. The number of imidazole rings is 1. The lowest BCUT2D eigenvalue weighted by atomic mass is 9.99. The third-order valence-corrected chi connectivity index (χ3v) is 5.27. The molecule has 5 heterocycles. The number of hydrogen-bond acceptors (Lipinski definition) is 5. The predicted molar refractivity (Wildman–Crippen MR) is 103 cm³/mol. The lowest BCUT2D eigenvalue weighted by Crippen LogP contribution is -2.37. The smallest absolute Gasteiger partial charge is 0.417 e. The summed E-state index contributed by atoms with van der Waals surface area (Å²) in [5, 5.41) is 4.50. The van der Waals surface area contributed by atoms with Gasteiger partial charge in [0.25, 0.3) is 0 Å². The van der Waals surface area contributed by atoms with E-state index in [2.05, 4.69) is 24.8 Å². The van der Waals surface area contributed by atoms with Crippen LogP contribution in [0.25, 0.3) is 5.52 Å². The van der Waals surface area contributed by atoms with Crippen molar-refractivity contribution in [3.63, 3.8) is 0 Å². The molecule has 1 aliphatic heterocycles. The standard InChI is InChI=1S/C20H15F5N6O/c21-19(22)32-15-2-1-6-31-14(15)8-13(29-31)18-17-12(27-10-28-17)5-7-30(18)16-4-3-11(9-26-16)20(23,24)25/h1-4,6,8-10,18-19H,5,7H2,(H,27,28)/t18-/m1/s1. The normalized spacial score (nSPS) is 16.6. The van der Waals surface area contributed by atoms with Gasteiger partial charge < -0.3 is 14.6 Å². The van der Waals surface area contributed by atoms with Gasteiger partial charge in [-0.1, -0.05) is 0 Å². The summed E-state index contributed by atoms with van der Waals surface area (Å²) in [6.45, 7) is -2.56. The first kappa shape index (κ1) is 20.2. The second-order valence-corrected chi connectivity index (χ2v) is 7.17. The van der Waals surface area contributed by atoms with E-state index in [1.54, 1.807) is 17.2 Å². The van der Waals surface area contributed by atoms with Crippen LogP contribution in [0, 0.1) is 0 Å². The van der Waals surface area contributed by atoms with E-state index in [1.165, 1.54) is 29.0 Å². The second kappa shape index (κ2) is 7.46. The zero-order valence-corrected chi connectivity index (χ0v) is 16.2. The second-order valence-electron chi connectivity index (χ2n) is 7.17. The van der Waals surface area contributed by atoms with E-state index in [0.717, 1.165) is 18.0 Å². The molecular formula is C20H15F5N6O. The number of anilines is 1. The van der Waals surface area contributed by atoms with Gasteiger partial charge in [0.15, 0.2) is 5.75 Å².